The normalized spacial score (nSPS) is 21.7. The van der Waals surface area contributed by atoms with Crippen LogP contribution < -0.4 is 5.32 Å². The molecular weight excluding hydrogens is 220 g/mol. The summed E-state index contributed by atoms with van der Waals surface area (Å²) in [4.78, 5) is 4.23. The van der Waals surface area contributed by atoms with E-state index in [0.717, 1.165) is 11.5 Å². The van der Waals surface area contributed by atoms with Crippen molar-refractivity contribution < 1.29 is 13.9 Å². The van der Waals surface area contributed by atoms with Crippen LogP contribution in [0.2, 0.25) is 0 Å². The quantitative estimate of drug-likeness (QED) is 0.870. The summed E-state index contributed by atoms with van der Waals surface area (Å²) in [6.07, 6.45) is 1.34. The van der Waals surface area contributed by atoms with Crippen LogP contribution in [0.3, 0.4) is 0 Å². The van der Waals surface area contributed by atoms with E-state index in [4.69, 9.17) is 13.9 Å². The van der Waals surface area contributed by atoms with Crippen LogP contribution in [0.4, 0.5) is 0 Å². The molecule has 1 aliphatic heterocycles. The van der Waals surface area contributed by atoms with Gasteiger partial charge in [-0.05, 0) is 20.8 Å². The zero-order chi connectivity index (χ0) is 12.3. The predicted molar refractivity (Wildman–Crippen MR) is 62.6 cm³/mol. The molecule has 1 N–H and O–H groups in total. The van der Waals surface area contributed by atoms with E-state index in [0.29, 0.717) is 26.4 Å². The van der Waals surface area contributed by atoms with Gasteiger partial charge in [-0.25, -0.2) is 4.98 Å². The Labute approximate surface area is 102 Å². The molecule has 1 aromatic heterocycles. The molecule has 5 nitrogen and oxygen atoms in total. The fourth-order valence-electron chi connectivity index (χ4n) is 1.66. The first kappa shape index (κ1) is 12.5. The summed E-state index contributed by atoms with van der Waals surface area (Å²) in [6.45, 7) is 8.83. The molecule has 0 bridgehead atoms. The summed E-state index contributed by atoms with van der Waals surface area (Å²) in [5.41, 5.74) is 0.954. The minimum absolute atomic E-state index is 0.0557. The number of hydrogen-bond donors (Lipinski definition) is 1. The molecule has 1 aliphatic rings. The average molecular weight is 240 g/mol. The van der Waals surface area contributed by atoms with E-state index in [1.807, 2.05) is 0 Å². The zero-order valence-corrected chi connectivity index (χ0v) is 10.7. The van der Waals surface area contributed by atoms with Crippen molar-refractivity contribution in [1.82, 2.24) is 10.3 Å². The maximum atomic E-state index is 5.61. The standard InChI is InChI=1S/C12H20N2O3/c1-12(2,3)14-6-9-11(17-8-13-9)10-7-15-4-5-16-10/h8,10,14H,4-7H2,1-3H3. The topological polar surface area (TPSA) is 56.5 Å². The van der Waals surface area contributed by atoms with Crippen LogP contribution in [0.1, 0.15) is 38.3 Å². The van der Waals surface area contributed by atoms with Gasteiger partial charge in [-0.1, -0.05) is 0 Å². The van der Waals surface area contributed by atoms with Gasteiger partial charge >= 0.3 is 0 Å². The molecule has 0 spiro atoms. The molecule has 1 saturated heterocycles. The third-order valence-corrected chi connectivity index (χ3v) is 2.57. The summed E-state index contributed by atoms with van der Waals surface area (Å²) < 4.78 is 16.4. The molecule has 1 atom stereocenters. The van der Waals surface area contributed by atoms with Crippen LogP contribution in [0.5, 0.6) is 0 Å². The van der Waals surface area contributed by atoms with Crippen molar-refractivity contribution in [1.29, 1.82) is 0 Å². The molecule has 1 unspecified atom stereocenters. The van der Waals surface area contributed by atoms with Gasteiger partial charge in [0.15, 0.2) is 12.2 Å². The van der Waals surface area contributed by atoms with Gasteiger partial charge in [-0.2, -0.15) is 0 Å². The highest BCUT2D eigenvalue weighted by molar-refractivity contribution is 5.11. The summed E-state index contributed by atoms with van der Waals surface area (Å²) in [5.74, 6) is 0.779. The van der Waals surface area contributed by atoms with Crippen LogP contribution in [-0.4, -0.2) is 30.3 Å². The Morgan fingerprint density at radius 2 is 2.24 bits per heavy atom. The zero-order valence-electron chi connectivity index (χ0n) is 10.7. The van der Waals surface area contributed by atoms with Gasteiger partial charge in [0, 0.05) is 12.1 Å². The summed E-state index contributed by atoms with van der Waals surface area (Å²) >= 11 is 0. The van der Waals surface area contributed by atoms with Gasteiger partial charge in [0.05, 0.1) is 25.5 Å². The van der Waals surface area contributed by atoms with Crippen LogP contribution >= 0.6 is 0 Å². The maximum Gasteiger partial charge on any atom is 0.181 e. The van der Waals surface area contributed by atoms with E-state index in [9.17, 15) is 0 Å². The minimum atomic E-state index is -0.122. The molecule has 0 saturated carbocycles. The molecular formula is C12H20N2O3. The minimum Gasteiger partial charge on any atom is -0.445 e. The van der Waals surface area contributed by atoms with E-state index in [2.05, 4.69) is 31.1 Å². The van der Waals surface area contributed by atoms with Crippen LogP contribution in [0.25, 0.3) is 0 Å². The first-order valence-corrected chi connectivity index (χ1v) is 5.93. The number of ether oxygens (including phenoxy) is 2. The lowest BCUT2D eigenvalue weighted by Gasteiger charge is -2.23. The van der Waals surface area contributed by atoms with Gasteiger partial charge in [-0.3, -0.25) is 0 Å². The van der Waals surface area contributed by atoms with Crippen LogP contribution in [0, 0.1) is 0 Å². The van der Waals surface area contributed by atoms with Crippen LogP contribution in [0.15, 0.2) is 10.8 Å². The molecule has 0 aromatic carbocycles. The average Bonchev–Trinajstić information content (AvgIpc) is 2.75. The maximum absolute atomic E-state index is 5.61. The molecule has 5 heteroatoms. The lowest BCUT2D eigenvalue weighted by atomic mass is 10.1. The monoisotopic (exact) mass is 240 g/mol. The molecule has 1 aromatic rings. The molecule has 17 heavy (non-hydrogen) atoms. The largest absolute Gasteiger partial charge is 0.445 e. The van der Waals surface area contributed by atoms with E-state index >= 15 is 0 Å². The second-order valence-electron chi connectivity index (χ2n) is 5.20. The lowest BCUT2D eigenvalue weighted by Crippen LogP contribution is -2.35. The van der Waals surface area contributed by atoms with Gasteiger partial charge in [0.1, 0.15) is 6.10 Å². The SMILES string of the molecule is CC(C)(C)NCc1ncoc1C1COCCO1. The van der Waals surface area contributed by atoms with Crippen molar-refractivity contribution in [2.45, 2.75) is 39.0 Å². The Kier molecular flexibility index (Phi) is 3.81. The van der Waals surface area contributed by atoms with Crippen molar-refractivity contribution in [3.8, 4) is 0 Å². The number of oxazole rings is 1. The highest BCUT2D eigenvalue weighted by Crippen LogP contribution is 2.23. The fraction of sp³-hybridized carbons (Fsp3) is 0.750. The summed E-state index contributed by atoms with van der Waals surface area (Å²) in [7, 11) is 0. The van der Waals surface area contributed by atoms with Gasteiger partial charge in [-0.15, -0.1) is 0 Å². The lowest BCUT2D eigenvalue weighted by molar-refractivity contribution is -0.0980. The third kappa shape index (κ3) is 3.52. The molecule has 96 valence electrons. The predicted octanol–water partition coefficient (Wildman–Crippen LogP) is 1.65. The molecule has 1 fully saturated rings. The summed E-state index contributed by atoms with van der Waals surface area (Å²) in [5, 5.41) is 3.38. The van der Waals surface area contributed by atoms with Crippen molar-refractivity contribution in [2.24, 2.45) is 0 Å². The Hall–Kier alpha value is -0.910. The molecule has 0 radical (unpaired) electrons. The van der Waals surface area contributed by atoms with E-state index in [1.54, 1.807) is 0 Å². The van der Waals surface area contributed by atoms with Crippen molar-refractivity contribution >= 4 is 0 Å². The Balaban J connectivity index is 2.00. The van der Waals surface area contributed by atoms with Crippen molar-refractivity contribution in [3.63, 3.8) is 0 Å². The Bertz CT molecular complexity index is 351. The molecule has 2 rings (SSSR count). The fourth-order valence-corrected chi connectivity index (χ4v) is 1.66. The first-order valence-electron chi connectivity index (χ1n) is 5.93. The Morgan fingerprint density at radius 1 is 1.41 bits per heavy atom. The number of nitrogens with zero attached hydrogens (tertiary/aromatic N) is 1. The molecule has 0 amide bonds. The van der Waals surface area contributed by atoms with Gasteiger partial charge < -0.3 is 19.2 Å². The highest BCUT2D eigenvalue weighted by atomic mass is 16.6. The third-order valence-electron chi connectivity index (χ3n) is 2.57. The number of aromatic nitrogens is 1. The van der Waals surface area contributed by atoms with E-state index in [1.165, 1.54) is 6.39 Å². The Morgan fingerprint density at radius 3 is 2.88 bits per heavy atom. The van der Waals surface area contributed by atoms with Gasteiger partial charge in [0.2, 0.25) is 0 Å². The smallest absolute Gasteiger partial charge is 0.181 e. The van der Waals surface area contributed by atoms with Crippen molar-refractivity contribution in [2.75, 3.05) is 19.8 Å². The number of nitrogens with one attached hydrogen (secondary N) is 1. The second kappa shape index (κ2) is 5.16. The summed E-state index contributed by atoms with van der Waals surface area (Å²) in [6, 6.07) is 0. The molecule has 0 aliphatic carbocycles. The van der Waals surface area contributed by atoms with Gasteiger partial charge in [0.25, 0.3) is 0 Å². The van der Waals surface area contributed by atoms with Crippen molar-refractivity contribution in [3.05, 3.63) is 17.8 Å². The van der Waals surface area contributed by atoms with E-state index < -0.39 is 0 Å². The van der Waals surface area contributed by atoms with Crippen LogP contribution in [-0.2, 0) is 16.0 Å². The second-order valence-corrected chi connectivity index (χ2v) is 5.20. The number of rotatable bonds is 3. The highest BCUT2D eigenvalue weighted by Gasteiger charge is 2.24. The first-order chi connectivity index (χ1) is 8.06. The van der Waals surface area contributed by atoms with E-state index in [-0.39, 0.29) is 11.6 Å². The molecule has 2 heterocycles. The number of hydrogen-bond acceptors (Lipinski definition) is 5.